The molecule has 33 heavy (non-hydrogen) atoms. The van der Waals surface area contributed by atoms with Gasteiger partial charge in [0.05, 0.1) is 18.4 Å². The zero-order valence-corrected chi connectivity index (χ0v) is 19.3. The molecule has 0 atom stereocenters. The van der Waals surface area contributed by atoms with E-state index in [4.69, 9.17) is 4.74 Å². The van der Waals surface area contributed by atoms with E-state index in [9.17, 15) is 9.59 Å². The van der Waals surface area contributed by atoms with E-state index in [1.165, 1.54) is 0 Å². The number of amides is 2. The molecule has 0 saturated carbocycles. The molecule has 1 saturated heterocycles. The third-order valence-electron chi connectivity index (χ3n) is 5.93. The van der Waals surface area contributed by atoms with Crippen LogP contribution in [0.25, 0.3) is 5.82 Å². The number of carbonyl (C=O) groups is 2. The van der Waals surface area contributed by atoms with Crippen molar-refractivity contribution in [3.05, 3.63) is 71.2 Å². The highest BCUT2D eigenvalue weighted by molar-refractivity contribution is 5.94. The van der Waals surface area contributed by atoms with Crippen molar-refractivity contribution in [1.82, 2.24) is 24.6 Å². The summed E-state index contributed by atoms with van der Waals surface area (Å²) in [4.78, 5) is 33.6. The fourth-order valence-electron chi connectivity index (χ4n) is 4.04. The highest BCUT2D eigenvalue weighted by Crippen LogP contribution is 2.15. The van der Waals surface area contributed by atoms with Gasteiger partial charge in [-0.2, -0.15) is 5.10 Å². The molecule has 172 valence electrons. The number of aromatic nitrogens is 3. The number of hydrogen-bond donors (Lipinski definition) is 0. The molecule has 1 aliphatic heterocycles. The Morgan fingerprint density at radius 2 is 1.67 bits per heavy atom. The second-order valence-corrected chi connectivity index (χ2v) is 8.27. The zero-order chi connectivity index (χ0) is 23.4. The number of aryl methyl sites for hydroxylation is 3. The van der Waals surface area contributed by atoms with Gasteiger partial charge in [-0.05, 0) is 56.2 Å². The van der Waals surface area contributed by atoms with Crippen LogP contribution in [0.2, 0.25) is 0 Å². The smallest absolute Gasteiger partial charge is 0.255 e. The van der Waals surface area contributed by atoms with Gasteiger partial charge in [0, 0.05) is 44.5 Å². The Labute approximate surface area is 193 Å². The second kappa shape index (κ2) is 9.85. The number of hydrogen-bond acceptors (Lipinski definition) is 5. The summed E-state index contributed by atoms with van der Waals surface area (Å²) in [6, 6.07) is 13.4. The van der Waals surface area contributed by atoms with Gasteiger partial charge in [-0.15, -0.1) is 0 Å². The van der Waals surface area contributed by atoms with Crippen molar-refractivity contribution in [2.45, 2.75) is 26.7 Å². The lowest BCUT2D eigenvalue weighted by molar-refractivity contribution is -0.132. The van der Waals surface area contributed by atoms with Gasteiger partial charge in [-0.3, -0.25) is 9.59 Å². The van der Waals surface area contributed by atoms with Gasteiger partial charge in [-0.25, -0.2) is 9.67 Å². The van der Waals surface area contributed by atoms with E-state index in [1.807, 2.05) is 55.1 Å². The van der Waals surface area contributed by atoms with Gasteiger partial charge in [0.1, 0.15) is 5.75 Å². The van der Waals surface area contributed by atoms with Crippen molar-refractivity contribution in [2.24, 2.45) is 0 Å². The first-order valence-corrected chi connectivity index (χ1v) is 11.1. The SMILES string of the molecule is COc1ccc(CCC(=O)N2CCN(C(=O)c3ccc(-n4nc(C)cc4C)nc3)CC2)cc1. The highest BCUT2D eigenvalue weighted by Gasteiger charge is 2.25. The molecule has 0 bridgehead atoms. The molecule has 4 rings (SSSR count). The van der Waals surface area contributed by atoms with Crippen molar-refractivity contribution >= 4 is 11.8 Å². The van der Waals surface area contributed by atoms with E-state index >= 15 is 0 Å². The van der Waals surface area contributed by atoms with Crippen LogP contribution in [-0.2, 0) is 11.2 Å². The van der Waals surface area contributed by atoms with E-state index in [-0.39, 0.29) is 11.8 Å². The largest absolute Gasteiger partial charge is 0.497 e. The molecule has 1 aromatic carbocycles. The van der Waals surface area contributed by atoms with E-state index in [0.29, 0.717) is 50.4 Å². The van der Waals surface area contributed by atoms with Gasteiger partial charge in [0.15, 0.2) is 5.82 Å². The van der Waals surface area contributed by atoms with Crippen LogP contribution in [0.15, 0.2) is 48.7 Å². The van der Waals surface area contributed by atoms with Crippen molar-refractivity contribution < 1.29 is 14.3 Å². The van der Waals surface area contributed by atoms with Crippen LogP contribution >= 0.6 is 0 Å². The van der Waals surface area contributed by atoms with Crippen molar-refractivity contribution in [1.29, 1.82) is 0 Å². The topological polar surface area (TPSA) is 80.6 Å². The minimum atomic E-state index is -0.0623. The maximum Gasteiger partial charge on any atom is 0.255 e. The van der Waals surface area contributed by atoms with Gasteiger partial charge < -0.3 is 14.5 Å². The van der Waals surface area contributed by atoms with Gasteiger partial charge in [0.25, 0.3) is 5.91 Å². The van der Waals surface area contributed by atoms with Crippen molar-refractivity contribution in [3.63, 3.8) is 0 Å². The molecule has 0 aliphatic carbocycles. The van der Waals surface area contributed by atoms with Crippen molar-refractivity contribution in [2.75, 3.05) is 33.3 Å². The van der Waals surface area contributed by atoms with Crippen LogP contribution < -0.4 is 4.74 Å². The summed E-state index contributed by atoms with van der Waals surface area (Å²) in [5, 5.41) is 4.43. The zero-order valence-electron chi connectivity index (χ0n) is 19.3. The van der Waals surface area contributed by atoms with Crippen LogP contribution in [0.1, 0.15) is 33.7 Å². The number of nitrogens with zero attached hydrogens (tertiary/aromatic N) is 5. The molecule has 0 unspecified atom stereocenters. The third-order valence-corrected chi connectivity index (χ3v) is 5.93. The Hall–Kier alpha value is -3.68. The van der Waals surface area contributed by atoms with Crippen LogP contribution in [0, 0.1) is 13.8 Å². The average molecular weight is 448 g/mol. The molecule has 1 aliphatic rings. The van der Waals surface area contributed by atoms with Gasteiger partial charge in [0.2, 0.25) is 5.91 Å². The maximum atomic E-state index is 12.9. The van der Waals surface area contributed by atoms with Crippen molar-refractivity contribution in [3.8, 4) is 11.6 Å². The molecule has 0 radical (unpaired) electrons. The number of carbonyl (C=O) groups excluding carboxylic acids is 2. The first-order valence-electron chi connectivity index (χ1n) is 11.1. The molecule has 1 fully saturated rings. The van der Waals surface area contributed by atoms with Crippen LogP contribution in [0.5, 0.6) is 5.75 Å². The summed E-state index contributed by atoms with van der Waals surface area (Å²) in [6.45, 7) is 6.04. The monoisotopic (exact) mass is 447 g/mol. The highest BCUT2D eigenvalue weighted by atomic mass is 16.5. The van der Waals surface area contributed by atoms with E-state index in [0.717, 1.165) is 22.7 Å². The van der Waals surface area contributed by atoms with Crippen LogP contribution in [0.4, 0.5) is 0 Å². The average Bonchev–Trinajstić information content (AvgIpc) is 3.20. The van der Waals surface area contributed by atoms with Gasteiger partial charge >= 0.3 is 0 Å². The summed E-state index contributed by atoms with van der Waals surface area (Å²) in [5.74, 6) is 1.55. The minimum Gasteiger partial charge on any atom is -0.497 e. The molecule has 3 aromatic rings. The first kappa shape index (κ1) is 22.5. The van der Waals surface area contributed by atoms with E-state index in [2.05, 4.69) is 10.1 Å². The Morgan fingerprint density at radius 3 is 2.24 bits per heavy atom. The lowest BCUT2D eigenvalue weighted by Gasteiger charge is -2.35. The summed E-state index contributed by atoms with van der Waals surface area (Å²) < 4.78 is 6.93. The molecule has 8 heteroatoms. The van der Waals surface area contributed by atoms with Gasteiger partial charge in [-0.1, -0.05) is 12.1 Å². The fraction of sp³-hybridized carbons (Fsp3) is 0.360. The molecular formula is C25H29N5O3. The molecule has 0 N–H and O–H groups in total. The molecule has 8 nitrogen and oxygen atoms in total. The Kier molecular flexibility index (Phi) is 6.72. The maximum absolute atomic E-state index is 12.9. The number of rotatable bonds is 6. The summed E-state index contributed by atoms with van der Waals surface area (Å²) in [6.07, 6.45) is 2.74. The second-order valence-electron chi connectivity index (χ2n) is 8.27. The lowest BCUT2D eigenvalue weighted by Crippen LogP contribution is -2.50. The predicted octanol–water partition coefficient (Wildman–Crippen LogP) is 2.81. The third kappa shape index (κ3) is 5.22. The Bertz CT molecular complexity index is 1110. The summed E-state index contributed by atoms with van der Waals surface area (Å²) in [7, 11) is 1.64. The minimum absolute atomic E-state index is 0.0623. The number of pyridine rings is 1. The predicted molar refractivity (Wildman–Crippen MR) is 125 cm³/mol. The number of methoxy groups -OCH3 is 1. The molecular weight excluding hydrogens is 418 g/mol. The first-order chi connectivity index (χ1) is 15.9. The molecule has 2 amide bonds. The molecule has 2 aromatic heterocycles. The number of piperazine rings is 1. The van der Waals surface area contributed by atoms with E-state index < -0.39 is 0 Å². The number of benzene rings is 1. The standard InChI is InChI=1S/C25H29N5O3/c1-18-16-19(2)30(27-18)23-10-7-21(17-26-23)25(32)29-14-12-28(13-15-29)24(31)11-6-20-4-8-22(33-3)9-5-20/h4-5,7-10,16-17H,6,11-15H2,1-3H3. The molecule has 0 spiro atoms. The van der Waals surface area contributed by atoms with Crippen LogP contribution in [-0.4, -0.2) is 69.7 Å². The van der Waals surface area contributed by atoms with Crippen LogP contribution in [0.3, 0.4) is 0 Å². The molecule has 3 heterocycles. The lowest BCUT2D eigenvalue weighted by atomic mass is 10.1. The Morgan fingerprint density at radius 1 is 0.970 bits per heavy atom. The Balaban J connectivity index is 1.28. The van der Waals surface area contributed by atoms with E-state index in [1.54, 1.807) is 29.0 Å². The summed E-state index contributed by atoms with van der Waals surface area (Å²) >= 11 is 0. The number of ether oxygens (including phenoxy) is 1. The normalized spacial score (nSPS) is 13.8. The summed E-state index contributed by atoms with van der Waals surface area (Å²) in [5.41, 5.74) is 3.56. The quantitative estimate of drug-likeness (QED) is 0.581. The fourth-order valence-corrected chi connectivity index (χ4v) is 4.04.